The molecule has 7 nitrogen and oxygen atoms in total. The molecule has 0 spiro atoms. The molecule has 0 aliphatic heterocycles. The van der Waals surface area contributed by atoms with E-state index in [0.717, 1.165) is 40.1 Å². The van der Waals surface area contributed by atoms with E-state index in [9.17, 15) is 18.0 Å². The summed E-state index contributed by atoms with van der Waals surface area (Å²) in [5.74, 6) is -0.787. The van der Waals surface area contributed by atoms with E-state index in [4.69, 9.17) is 11.6 Å². The maximum absolute atomic E-state index is 14.0. The van der Waals surface area contributed by atoms with Gasteiger partial charge < -0.3 is 10.2 Å². The molecule has 0 aliphatic carbocycles. The summed E-state index contributed by atoms with van der Waals surface area (Å²) < 4.78 is 26.7. The lowest BCUT2D eigenvalue weighted by Gasteiger charge is -2.33. The van der Waals surface area contributed by atoms with E-state index in [1.807, 2.05) is 68.4 Å². The van der Waals surface area contributed by atoms with Crippen LogP contribution in [0.3, 0.4) is 0 Å². The highest BCUT2D eigenvalue weighted by Crippen LogP contribution is 2.27. The van der Waals surface area contributed by atoms with E-state index in [1.165, 1.54) is 4.90 Å². The van der Waals surface area contributed by atoms with Crippen LogP contribution in [0.5, 0.6) is 0 Å². The third-order valence-corrected chi connectivity index (χ3v) is 7.78. The predicted octanol–water partition coefficient (Wildman–Crippen LogP) is 4.97. The number of benzene rings is 3. The van der Waals surface area contributed by atoms with Gasteiger partial charge in [-0.1, -0.05) is 97.2 Å². The Morgan fingerprint density at radius 3 is 2.26 bits per heavy atom. The van der Waals surface area contributed by atoms with Gasteiger partial charge in [-0.15, -0.1) is 0 Å². The second kappa shape index (κ2) is 14.1. The fourth-order valence-corrected chi connectivity index (χ4v) is 5.47. The summed E-state index contributed by atoms with van der Waals surface area (Å²) in [6, 6.07) is 22.8. The largest absolute Gasteiger partial charge is 0.354 e. The number of para-hydroxylation sites is 1. The molecule has 1 unspecified atom stereocenters. The molecule has 1 N–H and O–H groups in total. The van der Waals surface area contributed by atoms with Crippen molar-refractivity contribution in [3.63, 3.8) is 0 Å². The zero-order chi connectivity index (χ0) is 28.4. The molecule has 2 amide bonds. The van der Waals surface area contributed by atoms with E-state index < -0.39 is 28.5 Å². The van der Waals surface area contributed by atoms with Crippen LogP contribution in [0.4, 0.5) is 5.69 Å². The molecule has 1 atom stereocenters. The summed E-state index contributed by atoms with van der Waals surface area (Å²) in [7, 11) is -3.87. The second-order valence-corrected chi connectivity index (χ2v) is 11.9. The van der Waals surface area contributed by atoms with Crippen molar-refractivity contribution in [1.82, 2.24) is 10.2 Å². The minimum atomic E-state index is -3.87. The van der Waals surface area contributed by atoms with Gasteiger partial charge in [-0.2, -0.15) is 0 Å². The van der Waals surface area contributed by atoms with Gasteiger partial charge in [0.1, 0.15) is 12.6 Å². The SMILES string of the molecule is CCCCNC(=O)C(Cc1ccccc1)N(Cc1cccc(C)c1)C(=O)CN(c1ccccc1Cl)S(C)(=O)=O. The molecule has 3 rings (SSSR count). The predicted molar refractivity (Wildman–Crippen MR) is 157 cm³/mol. The number of nitrogens with zero attached hydrogens (tertiary/aromatic N) is 2. The van der Waals surface area contributed by atoms with Gasteiger partial charge in [0.05, 0.1) is 17.0 Å². The molecule has 3 aromatic rings. The number of sulfonamides is 1. The average Bonchev–Trinajstić information content (AvgIpc) is 2.90. The minimum absolute atomic E-state index is 0.138. The zero-order valence-electron chi connectivity index (χ0n) is 22.6. The fourth-order valence-electron chi connectivity index (χ4n) is 4.32. The monoisotopic (exact) mass is 569 g/mol. The molecule has 0 fully saturated rings. The highest BCUT2D eigenvalue weighted by atomic mass is 35.5. The van der Waals surface area contributed by atoms with Crippen LogP contribution in [0.25, 0.3) is 0 Å². The Labute approximate surface area is 236 Å². The Balaban J connectivity index is 2.04. The first kappa shape index (κ1) is 30.2. The maximum Gasteiger partial charge on any atom is 0.244 e. The minimum Gasteiger partial charge on any atom is -0.354 e. The van der Waals surface area contributed by atoms with Crippen molar-refractivity contribution >= 4 is 39.1 Å². The van der Waals surface area contributed by atoms with Crippen molar-refractivity contribution < 1.29 is 18.0 Å². The van der Waals surface area contributed by atoms with Crippen LogP contribution in [0.15, 0.2) is 78.9 Å². The number of carbonyl (C=O) groups excluding carboxylic acids is 2. The number of hydrogen-bond donors (Lipinski definition) is 1. The van der Waals surface area contributed by atoms with Crippen molar-refractivity contribution in [2.45, 2.75) is 45.7 Å². The third-order valence-electron chi connectivity index (χ3n) is 6.34. The van der Waals surface area contributed by atoms with E-state index in [-0.39, 0.29) is 29.6 Å². The average molecular weight is 570 g/mol. The Hall–Kier alpha value is -3.36. The molecule has 208 valence electrons. The molecule has 9 heteroatoms. The molecule has 39 heavy (non-hydrogen) atoms. The van der Waals surface area contributed by atoms with Gasteiger partial charge in [0, 0.05) is 19.5 Å². The van der Waals surface area contributed by atoms with Gasteiger partial charge in [0.2, 0.25) is 21.8 Å². The van der Waals surface area contributed by atoms with Crippen LogP contribution in [-0.4, -0.2) is 50.5 Å². The summed E-state index contributed by atoms with van der Waals surface area (Å²) in [5.41, 5.74) is 2.95. The smallest absolute Gasteiger partial charge is 0.244 e. The number of rotatable bonds is 13. The van der Waals surface area contributed by atoms with Crippen LogP contribution >= 0.6 is 11.6 Å². The van der Waals surface area contributed by atoms with Crippen molar-refractivity contribution in [1.29, 1.82) is 0 Å². The van der Waals surface area contributed by atoms with Crippen LogP contribution in [0, 0.1) is 6.92 Å². The number of amides is 2. The van der Waals surface area contributed by atoms with Gasteiger partial charge in [0.15, 0.2) is 0 Å². The van der Waals surface area contributed by atoms with Gasteiger partial charge in [-0.3, -0.25) is 13.9 Å². The lowest BCUT2D eigenvalue weighted by atomic mass is 10.0. The number of nitrogens with one attached hydrogen (secondary N) is 1. The fraction of sp³-hybridized carbons (Fsp3) is 0.333. The topological polar surface area (TPSA) is 86.8 Å². The van der Waals surface area contributed by atoms with Crippen LogP contribution in [0.1, 0.15) is 36.5 Å². The quantitative estimate of drug-likeness (QED) is 0.294. The van der Waals surface area contributed by atoms with Crippen molar-refractivity contribution in [3.05, 3.63) is 101 Å². The second-order valence-electron chi connectivity index (χ2n) is 9.58. The van der Waals surface area contributed by atoms with Gasteiger partial charge in [-0.05, 0) is 36.6 Å². The summed E-state index contributed by atoms with van der Waals surface area (Å²) in [4.78, 5) is 29.1. The summed E-state index contributed by atoms with van der Waals surface area (Å²) >= 11 is 6.33. The van der Waals surface area contributed by atoms with Gasteiger partial charge in [0.25, 0.3) is 0 Å². The first-order valence-corrected chi connectivity index (χ1v) is 15.2. The first-order valence-electron chi connectivity index (χ1n) is 13.0. The zero-order valence-corrected chi connectivity index (χ0v) is 24.2. The summed E-state index contributed by atoms with van der Waals surface area (Å²) in [6.07, 6.45) is 3.04. The molecule has 0 aliphatic rings. The standard InChI is InChI=1S/C30H36ClN3O4S/c1-4-5-18-32-30(36)28(20-24-13-7-6-8-14-24)33(21-25-15-11-12-23(2)19-25)29(35)22-34(39(3,37)38)27-17-10-9-16-26(27)31/h6-17,19,28H,4-5,18,20-22H2,1-3H3,(H,32,36). The number of carbonyl (C=O) groups is 2. The van der Waals surface area contributed by atoms with Crippen LogP contribution in [-0.2, 0) is 32.6 Å². The molecule has 0 saturated heterocycles. The number of aryl methyl sites for hydroxylation is 1. The lowest BCUT2D eigenvalue weighted by Crippen LogP contribution is -2.53. The number of anilines is 1. The molecular formula is C30H36ClN3O4S. The van der Waals surface area contributed by atoms with Gasteiger partial charge >= 0.3 is 0 Å². The van der Waals surface area contributed by atoms with E-state index in [2.05, 4.69) is 5.32 Å². The van der Waals surface area contributed by atoms with Gasteiger partial charge in [-0.25, -0.2) is 8.42 Å². The molecule has 3 aromatic carbocycles. The van der Waals surface area contributed by atoms with Crippen molar-refractivity contribution in [2.24, 2.45) is 0 Å². The number of hydrogen-bond acceptors (Lipinski definition) is 4. The molecule has 0 saturated carbocycles. The van der Waals surface area contributed by atoms with Crippen molar-refractivity contribution in [3.8, 4) is 0 Å². The Bertz CT molecular complexity index is 1370. The molecular weight excluding hydrogens is 534 g/mol. The summed E-state index contributed by atoms with van der Waals surface area (Å²) in [6.45, 7) is 4.12. The lowest BCUT2D eigenvalue weighted by molar-refractivity contribution is -0.140. The highest BCUT2D eigenvalue weighted by Gasteiger charge is 2.33. The molecule has 0 heterocycles. The molecule has 0 aromatic heterocycles. The highest BCUT2D eigenvalue weighted by molar-refractivity contribution is 7.92. The molecule has 0 bridgehead atoms. The van der Waals surface area contributed by atoms with E-state index in [0.29, 0.717) is 6.54 Å². The van der Waals surface area contributed by atoms with E-state index in [1.54, 1.807) is 24.3 Å². The normalized spacial score (nSPS) is 12.0. The summed E-state index contributed by atoms with van der Waals surface area (Å²) in [5, 5.41) is 3.18. The molecule has 0 radical (unpaired) electrons. The first-order chi connectivity index (χ1) is 18.6. The van der Waals surface area contributed by atoms with E-state index >= 15 is 0 Å². The van der Waals surface area contributed by atoms with Crippen LogP contribution < -0.4 is 9.62 Å². The number of unbranched alkanes of at least 4 members (excludes halogenated alkanes) is 1. The van der Waals surface area contributed by atoms with Crippen LogP contribution in [0.2, 0.25) is 5.02 Å². The number of halogens is 1. The Morgan fingerprint density at radius 1 is 0.949 bits per heavy atom. The third kappa shape index (κ3) is 8.83. The van der Waals surface area contributed by atoms with Crippen molar-refractivity contribution in [2.75, 3.05) is 23.7 Å². The Morgan fingerprint density at radius 2 is 1.62 bits per heavy atom. The maximum atomic E-state index is 14.0. The Kier molecular flexibility index (Phi) is 10.9.